The van der Waals surface area contributed by atoms with Gasteiger partial charge in [-0.3, -0.25) is 10.1 Å². The molecular weight excluding hydrogens is 320 g/mol. The Bertz CT molecular complexity index is 787. The van der Waals surface area contributed by atoms with E-state index in [0.29, 0.717) is 18.9 Å². The van der Waals surface area contributed by atoms with Crippen molar-refractivity contribution in [2.45, 2.75) is 13.8 Å². The summed E-state index contributed by atoms with van der Waals surface area (Å²) in [5, 5.41) is 14.2. The SMILES string of the molecule is CNc1ncnc(N2CCN(c3cccc(C)c3C)CC2)c1[N+](=O)[O-]. The Hall–Kier alpha value is -2.90. The number of aryl methyl sites for hydroxylation is 1. The minimum absolute atomic E-state index is 0.0646. The molecule has 1 aliphatic rings. The number of nitrogens with zero attached hydrogens (tertiary/aromatic N) is 5. The molecule has 1 aromatic carbocycles. The summed E-state index contributed by atoms with van der Waals surface area (Å²) in [6.45, 7) is 7.17. The molecule has 132 valence electrons. The second-order valence-corrected chi connectivity index (χ2v) is 6.09. The average Bonchev–Trinajstić information content (AvgIpc) is 2.63. The topological polar surface area (TPSA) is 87.4 Å². The van der Waals surface area contributed by atoms with E-state index in [1.165, 1.54) is 23.1 Å². The van der Waals surface area contributed by atoms with Crippen LogP contribution in [-0.2, 0) is 0 Å². The first-order chi connectivity index (χ1) is 12.0. The van der Waals surface area contributed by atoms with Gasteiger partial charge in [-0.25, -0.2) is 9.97 Å². The van der Waals surface area contributed by atoms with E-state index in [1.807, 2.05) is 4.90 Å². The minimum atomic E-state index is -0.418. The van der Waals surface area contributed by atoms with Crippen LogP contribution in [0.1, 0.15) is 11.1 Å². The predicted octanol–water partition coefficient (Wildman–Crippen LogP) is 2.37. The molecule has 0 saturated carbocycles. The highest BCUT2D eigenvalue weighted by Gasteiger charge is 2.29. The van der Waals surface area contributed by atoms with Gasteiger partial charge in [0.2, 0.25) is 11.6 Å². The Morgan fingerprint density at radius 3 is 2.44 bits per heavy atom. The minimum Gasteiger partial charge on any atom is -0.368 e. The van der Waals surface area contributed by atoms with Gasteiger partial charge < -0.3 is 15.1 Å². The monoisotopic (exact) mass is 342 g/mol. The Kier molecular flexibility index (Phi) is 4.69. The van der Waals surface area contributed by atoms with Crippen molar-refractivity contribution in [2.75, 3.05) is 48.3 Å². The van der Waals surface area contributed by atoms with Crippen LogP contribution in [0.25, 0.3) is 0 Å². The molecule has 25 heavy (non-hydrogen) atoms. The molecule has 1 aliphatic heterocycles. The Morgan fingerprint density at radius 1 is 1.12 bits per heavy atom. The zero-order chi connectivity index (χ0) is 18.0. The maximum atomic E-state index is 11.5. The van der Waals surface area contributed by atoms with E-state index in [0.717, 1.165) is 13.1 Å². The number of benzene rings is 1. The van der Waals surface area contributed by atoms with E-state index >= 15 is 0 Å². The van der Waals surface area contributed by atoms with Crippen molar-refractivity contribution in [1.82, 2.24) is 9.97 Å². The molecule has 0 spiro atoms. The first-order valence-electron chi connectivity index (χ1n) is 8.26. The lowest BCUT2D eigenvalue weighted by molar-refractivity contribution is -0.383. The van der Waals surface area contributed by atoms with Gasteiger partial charge in [-0.1, -0.05) is 12.1 Å². The molecular formula is C17H22N6O2. The summed E-state index contributed by atoms with van der Waals surface area (Å²) in [7, 11) is 1.62. The average molecular weight is 342 g/mol. The second kappa shape index (κ2) is 6.92. The van der Waals surface area contributed by atoms with Gasteiger partial charge in [0.1, 0.15) is 6.33 Å². The number of nitrogens with one attached hydrogen (secondary N) is 1. The van der Waals surface area contributed by atoms with Gasteiger partial charge in [0.05, 0.1) is 4.92 Å². The van der Waals surface area contributed by atoms with Crippen LogP contribution >= 0.6 is 0 Å². The van der Waals surface area contributed by atoms with E-state index in [-0.39, 0.29) is 11.5 Å². The Balaban J connectivity index is 1.81. The third kappa shape index (κ3) is 3.19. The number of nitro groups is 1. The third-order valence-corrected chi connectivity index (χ3v) is 4.72. The summed E-state index contributed by atoms with van der Waals surface area (Å²) in [5.41, 5.74) is 3.71. The summed E-state index contributed by atoms with van der Waals surface area (Å²) in [6, 6.07) is 6.31. The van der Waals surface area contributed by atoms with Crippen LogP contribution in [0.5, 0.6) is 0 Å². The van der Waals surface area contributed by atoms with Crippen molar-refractivity contribution >= 4 is 23.0 Å². The summed E-state index contributed by atoms with van der Waals surface area (Å²) < 4.78 is 0. The van der Waals surface area contributed by atoms with Gasteiger partial charge >= 0.3 is 5.69 Å². The van der Waals surface area contributed by atoms with Crippen LogP contribution in [0.4, 0.5) is 23.0 Å². The first-order valence-corrected chi connectivity index (χ1v) is 8.26. The molecule has 0 unspecified atom stereocenters. The maximum Gasteiger partial charge on any atom is 0.353 e. The third-order valence-electron chi connectivity index (χ3n) is 4.72. The molecule has 0 bridgehead atoms. The summed E-state index contributed by atoms with van der Waals surface area (Å²) >= 11 is 0. The van der Waals surface area contributed by atoms with Crippen LogP contribution in [-0.4, -0.2) is 48.1 Å². The molecule has 8 heteroatoms. The van der Waals surface area contributed by atoms with Crippen molar-refractivity contribution in [3.8, 4) is 0 Å². The van der Waals surface area contributed by atoms with Crippen molar-refractivity contribution in [3.05, 3.63) is 45.8 Å². The molecule has 1 N–H and O–H groups in total. The number of piperazine rings is 1. The fourth-order valence-electron chi connectivity index (χ4n) is 3.19. The summed E-state index contributed by atoms with van der Waals surface area (Å²) in [4.78, 5) is 23.5. The molecule has 2 aromatic rings. The smallest absolute Gasteiger partial charge is 0.353 e. The van der Waals surface area contributed by atoms with E-state index in [4.69, 9.17) is 0 Å². The highest BCUT2D eigenvalue weighted by atomic mass is 16.6. The predicted molar refractivity (Wildman–Crippen MR) is 98.6 cm³/mol. The number of anilines is 3. The lowest BCUT2D eigenvalue weighted by Gasteiger charge is -2.37. The maximum absolute atomic E-state index is 11.5. The Labute approximate surface area is 146 Å². The summed E-state index contributed by atoms with van der Waals surface area (Å²) in [6.07, 6.45) is 1.37. The molecule has 0 radical (unpaired) electrons. The van der Waals surface area contributed by atoms with Gasteiger partial charge in [-0.05, 0) is 31.0 Å². The zero-order valence-corrected chi connectivity index (χ0v) is 14.7. The van der Waals surface area contributed by atoms with Gasteiger partial charge in [0.25, 0.3) is 0 Å². The quantitative estimate of drug-likeness (QED) is 0.674. The zero-order valence-electron chi connectivity index (χ0n) is 14.7. The van der Waals surface area contributed by atoms with E-state index < -0.39 is 4.92 Å². The first kappa shape index (κ1) is 16.9. The van der Waals surface area contributed by atoms with Crippen LogP contribution in [0, 0.1) is 24.0 Å². The summed E-state index contributed by atoms with van der Waals surface area (Å²) in [5.74, 6) is 0.622. The number of hydrogen-bond donors (Lipinski definition) is 1. The van der Waals surface area contributed by atoms with Crippen molar-refractivity contribution < 1.29 is 4.92 Å². The van der Waals surface area contributed by atoms with E-state index in [9.17, 15) is 10.1 Å². The van der Waals surface area contributed by atoms with Gasteiger partial charge in [-0.15, -0.1) is 0 Å². The number of rotatable bonds is 4. The lowest BCUT2D eigenvalue weighted by atomic mass is 10.1. The van der Waals surface area contributed by atoms with E-state index in [1.54, 1.807) is 7.05 Å². The van der Waals surface area contributed by atoms with Gasteiger partial charge in [0, 0.05) is 38.9 Å². The molecule has 1 fully saturated rings. The molecule has 8 nitrogen and oxygen atoms in total. The molecule has 0 atom stereocenters. The highest BCUT2D eigenvalue weighted by Crippen LogP contribution is 2.32. The molecule has 0 amide bonds. The largest absolute Gasteiger partial charge is 0.368 e. The number of aromatic nitrogens is 2. The molecule has 3 rings (SSSR count). The molecule has 2 heterocycles. The standard InChI is InChI=1S/C17H22N6O2/c1-12-5-4-6-14(13(12)2)21-7-9-22(10-8-21)17-15(23(24)25)16(18-3)19-11-20-17/h4-6,11H,7-10H2,1-3H3,(H,18,19,20). The fraction of sp³-hybridized carbons (Fsp3) is 0.412. The van der Waals surface area contributed by atoms with Crippen LogP contribution in [0.15, 0.2) is 24.5 Å². The lowest BCUT2D eigenvalue weighted by Crippen LogP contribution is -2.47. The number of hydrogen-bond acceptors (Lipinski definition) is 7. The van der Waals surface area contributed by atoms with Crippen molar-refractivity contribution in [1.29, 1.82) is 0 Å². The van der Waals surface area contributed by atoms with Gasteiger partial charge in [-0.2, -0.15) is 0 Å². The van der Waals surface area contributed by atoms with Crippen LogP contribution < -0.4 is 15.1 Å². The second-order valence-electron chi connectivity index (χ2n) is 6.09. The van der Waals surface area contributed by atoms with Crippen molar-refractivity contribution in [3.63, 3.8) is 0 Å². The molecule has 1 aromatic heterocycles. The fourth-order valence-corrected chi connectivity index (χ4v) is 3.19. The molecule has 0 aliphatic carbocycles. The van der Waals surface area contributed by atoms with Gasteiger partial charge in [0.15, 0.2) is 0 Å². The van der Waals surface area contributed by atoms with Crippen LogP contribution in [0.3, 0.4) is 0 Å². The Morgan fingerprint density at radius 2 is 1.80 bits per heavy atom. The molecule has 1 saturated heterocycles. The highest BCUT2D eigenvalue weighted by molar-refractivity contribution is 5.70. The van der Waals surface area contributed by atoms with Crippen LogP contribution in [0.2, 0.25) is 0 Å². The van der Waals surface area contributed by atoms with E-state index in [2.05, 4.69) is 52.2 Å². The normalized spacial score (nSPS) is 14.5. The van der Waals surface area contributed by atoms with Crippen molar-refractivity contribution in [2.24, 2.45) is 0 Å².